The molecule has 0 saturated heterocycles. The maximum atomic E-state index is 13.4. The summed E-state index contributed by atoms with van der Waals surface area (Å²) in [5, 5.41) is 25.5. The quantitative estimate of drug-likeness (QED) is 0.203. The van der Waals surface area contributed by atoms with Crippen molar-refractivity contribution in [2.24, 2.45) is 10.2 Å². The molecule has 0 bridgehead atoms. The molecule has 190 valence electrons. The minimum atomic E-state index is -4.48. The first-order chi connectivity index (χ1) is 17.5. The Morgan fingerprint density at radius 3 is 2.34 bits per heavy atom. The molecule has 0 spiro atoms. The molecule has 0 aliphatic heterocycles. The zero-order chi connectivity index (χ0) is 26.9. The second-order valence-electron chi connectivity index (χ2n) is 7.87. The Morgan fingerprint density at radius 2 is 1.68 bits per heavy atom. The number of anilines is 1. The molecule has 0 aliphatic carbocycles. The number of amides is 1. The number of nitrogens with one attached hydrogen (secondary N) is 1. The number of methoxy groups -OCH3 is 1. The van der Waals surface area contributed by atoms with E-state index in [0.717, 1.165) is 6.07 Å². The van der Waals surface area contributed by atoms with Gasteiger partial charge in [0.2, 0.25) is 0 Å². The van der Waals surface area contributed by atoms with Crippen molar-refractivity contribution in [1.82, 2.24) is 0 Å². The van der Waals surface area contributed by atoms with E-state index in [4.69, 9.17) is 27.9 Å². The number of azo groups is 1. The maximum Gasteiger partial charge on any atom is 1.00 e. The monoisotopic (exact) mass is 581 g/mol. The summed E-state index contributed by atoms with van der Waals surface area (Å²) in [6, 6.07) is 15.1. The van der Waals surface area contributed by atoms with Gasteiger partial charge in [-0.05, 0) is 48.2 Å². The van der Waals surface area contributed by atoms with E-state index in [1.54, 1.807) is 36.4 Å². The van der Waals surface area contributed by atoms with Crippen molar-refractivity contribution in [3.8, 4) is 11.5 Å². The standard InChI is InChI=1S/C25H19Cl2N3O6S.Na/c1-13-9-16(37(33,34)35)12-20(27)22(13)29-30-23-17-6-4-3-5-14(17)10-18(24(23)31)25(32)28-15-7-8-19(26)21(11-15)36-2;/h3-12,31H,1-2H3,(H,28,32)(H,33,34,35);/q;+1/p-1. The topological polar surface area (TPSA) is 140 Å². The summed E-state index contributed by atoms with van der Waals surface area (Å²) in [4.78, 5) is 12.7. The molecule has 0 saturated carbocycles. The molecule has 4 aromatic carbocycles. The van der Waals surface area contributed by atoms with Gasteiger partial charge in [-0.15, -0.1) is 5.11 Å². The second-order valence-corrected chi connectivity index (χ2v) is 10.1. The van der Waals surface area contributed by atoms with Gasteiger partial charge in [-0.2, -0.15) is 13.5 Å². The predicted octanol–water partition coefficient (Wildman–Crippen LogP) is 3.46. The summed E-state index contributed by atoms with van der Waals surface area (Å²) in [6.45, 7) is 1.52. The number of hydrogen-bond donors (Lipinski definition) is 2. The van der Waals surface area contributed by atoms with Crippen LogP contribution in [0.1, 0.15) is 15.9 Å². The summed E-state index contributed by atoms with van der Waals surface area (Å²) in [5.74, 6) is -1.01. The fourth-order valence-corrected chi connectivity index (χ4v) is 4.75. The van der Waals surface area contributed by atoms with Crippen molar-refractivity contribution >= 4 is 67.1 Å². The molecular formula is C25H18Cl2N3NaO6S. The van der Waals surface area contributed by atoms with E-state index in [9.17, 15) is 22.9 Å². The molecule has 9 nitrogen and oxygen atoms in total. The van der Waals surface area contributed by atoms with Crippen molar-refractivity contribution in [1.29, 1.82) is 0 Å². The van der Waals surface area contributed by atoms with Gasteiger partial charge in [0.25, 0.3) is 16.0 Å². The molecule has 0 aliphatic rings. The van der Waals surface area contributed by atoms with Crippen LogP contribution in [0.2, 0.25) is 10.0 Å². The van der Waals surface area contributed by atoms with Crippen LogP contribution in [-0.2, 0) is 10.1 Å². The van der Waals surface area contributed by atoms with Crippen LogP contribution in [0.25, 0.3) is 10.8 Å². The molecule has 1 amide bonds. The second kappa shape index (κ2) is 12.0. The molecule has 4 rings (SSSR count). The fourth-order valence-electron chi connectivity index (χ4n) is 3.59. The summed E-state index contributed by atoms with van der Waals surface area (Å²) in [5.41, 5.74) is 0.479. The number of halogens is 2. The first kappa shape index (κ1) is 29.9. The number of carbonyl (C=O) groups is 1. The van der Waals surface area contributed by atoms with E-state index in [0.29, 0.717) is 32.8 Å². The van der Waals surface area contributed by atoms with E-state index in [1.807, 2.05) is 0 Å². The average Bonchev–Trinajstić information content (AvgIpc) is 2.84. The van der Waals surface area contributed by atoms with Crippen LogP contribution in [-0.4, -0.2) is 26.0 Å². The molecule has 0 radical (unpaired) electrons. The number of hydrogen-bond acceptors (Lipinski definition) is 7. The molecular weight excluding hydrogens is 564 g/mol. The third kappa shape index (κ3) is 6.29. The SMILES string of the molecule is COc1cc(NC(=O)c2cc3ccccc3c(N=Nc3c(C)cc(S(=O)(=O)O)cc3Cl)c2[O-])ccc1Cl.[Na+]. The van der Waals surface area contributed by atoms with Gasteiger partial charge in [-0.25, -0.2) is 0 Å². The number of rotatable bonds is 6. The van der Waals surface area contributed by atoms with Gasteiger partial charge in [0.05, 0.1) is 27.7 Å². The molecule has 2 N–H and O–H groups in total. The maximum absolute atomic E-state index is 13.4. The summed E-state index contributed by atoms with van der Waals surface area (Å²) in [7, 11) is -3.04. The Hall–Kier alpha value is -2.70. The van der Waals surface area contributed by atoms with Crippen molar-refractivity contribution in [2.45, 2.75) is 11.8 Å². The Balaban J connectivity index is 0.00000400. The van der Waals surface area contributed by atoms with Crippen molar-refractivity contribution in [3.05, 3.63) is 81.8 Å². The van der Waals surface area contributed by atoms with Crippen LogP contribution >= 0.6 is 23.2 Å². The number of benzene rings is 4. The van der Waals surface area contributed by atoms with E-state index >= 15 is 0 Å². The number of fused-ring (bicyclic) bond motifs is 1. The molecule has 4 aromatic rings. The summed E-state index contributed by atoms with van der Waals surface area (Å²) in [6.07, 6.45) is 0. The third-order valence-corrected chi connectivity index (χ3v) is 6.84. The van der Waals surface area contributed by atoms with Crippen LogP contribution in [0.15, 0.2) is 75.8 Å². The van der Waals surface area contributed by atoms with Crippen molar-refractivity contribution in [2.75, 3.05) is 12.4 Å². The van der Waals surface area contributed by atoms with Gasteiger partial charge in [-0.1, -0.05) is 53.2 Å². The Labute approximate surface area is 250 Å². The van der Waals surface area contributed by atoms with Gasteiger partial charge in [0, 0.05) is 22.7 Å². The first-order valence-corrected chi connectivity index (χ1v) is 12.8. The van der Waals surface area contributed by atoms with Gasteiger partial charge in [0.15, 0.2) is 0 Å². The van der Waals surface area contributed by atoms with E-state index in [-0.39, 0.29) is 51.5 Å². The number of ether oxygens (including phenoxy) is 1. The first-order valence-electron chi connectivity index (χ1n) is 10.6. The molecule has 0 unspecified atom stereocenters. The molecule has 0 aromatic heterocycles. The number of nitrogens with zero attached hydrogens (tertiary/aromatic N) is 2. The van der Waals surface area contributed by atoms with Crippen LogP contribution in [0, 0.1) is 6.92 Å². The van der Waals surface area contributed by atoms with Crippen LogP contribution in [0.3, 0.4) is 0 Å². The Bertz CT molecular complexity index is 1670. The normalized spacial score (nSPS) is 11.4. The van der Waals surface area contributed by atoms with Gasteiger partial charge in [-0.3, -0.25) is 9.35 Å². The van der Waals surface area contributed by atoms with Crippen LogP contribution in [0.4, 0.5) is 17.1 Å². The van der Waals surface area contributed by atoms with E-state index in [1.165, 1.54) is 32.2 Å². The summed E-state index contributed by atoms with van der Waals surface area (Å²) >= 11 is 12.2. The fraction of sp³-hybridized carbons (Fsp3) is 0.0800. The average molecular weight is 582 g/mol. The van der Waals surface area contributed by atoms with Crippen molar-refractivity contribution in [3.63, 3.8) is 0 Å². The van der Waals surface area contributed by atoms with Gasteiger partial charge < -0.3 is 15.2 Å². The molecule has 38 heavy (non-hydrogen) atoms. The van der Waals surface area contributed by atoms with E-state index in [2.05, 4.69) is 15.5 Å². The molecule has 13 heteroatoms. The number of carbonyl (C=O) groups excluding carboxylic acids is 1. The zero-order valence-corrected chi connectivity index (χ0v) is 24.6. The minimum absolute atomic E-state index is 0. The Kier molecular flexibility index (Phi) is 9.43. The van der Waals surface area contributed by atoms with E-state index < -0.39 is 26.7 Å². The largest absolute Gasteiger partial charge is 1.00 e. The van der Waals surface area contributed by atoms with Gasteiger partial charge in [0.1, 0.15) is 11.4 Å². The number of aryl methyl sites for hydroxylation is 1. The third-order valence-electron chi connectivity index (χ3n) is 5.40. The minimum Gasteiger partial charge on any atom is -0.870 e. The van der Waals surface area contributed by atoms with Crippen molar-refractivity contribution < 1.29 is 57.2 Å². The van der Waals surface area contributed by atoms with Crippen LogP contribution < -0.4 is 44.7 Å². The molecule has 0 fully saturated rings. The van der Waals surface area contributed by atoms with Crippen LogP contribution in [0.5, 0.6) is 11.5 Å². The molecule has 0 heterocycles. The van der Waals surface area contributed by atoms with Gasteiger partial charge >= 0.3 is 29.6 Å². The molecule has 0 atom stereocenters. The Morgan fingerprint density at radius 1 is 1.00 bits per heavy atom. The zero-order valence-electron chi connectivity index (χ0n) is 20.3. The smallest absolute Gasteiger partial charge is 0.870 e. The predicted molar refractivity (Wildman–Crippen MR) is 140 cm³/mol. The summed E-state index contributed by atoms with van der Waals surface area (Å²) < 4.78 is 37.4.